The van der Waals surface area contributed by atoms with Crippen LogP contribution < -0.4 is 5.32 Å². The molecule has 0 radical (unpaired) electrons. The van der Waals surface area contributed by atoms with Crippen molar-refractivity contribution in [2.45, 2.75) is 24.8 Å². The highest BCUT2D eigenvalue weighted by atomic mass is 32.5. The van der Waals surface area contributed by atoms with Crippen LogP contribution in [0.15, 0.2) is 47.5 Å². The Hall–Kier alpha value is -1.83. The predicted octanol–water partition coefficient (Wildman–Crippen LogP) is 6.22. The first-order valence-corrected chi connectivity index (χ1v) is 8.33. The fourth-order valence-corrected chi connectivity index (χ4v) is 2.69. The van der Waals surface area contributed by atoms with Gasteiger partial charge in [-0.05, 0) is 43.7 Å². The second-order valence-corrected chi connectivity index (χ2v) is 7.50. The molecule has 2 aromatic rings. The van der Waals surface area contributed by atoms with Crippen LogP contribution in [0.2, 0.25) is 0 Å². The molecule has 122 valence electrons. The number of pyridine rings is 1. The minimum Gasteiger partial charge on any atom is -0.378 e. The van der Waals surface area contributed by atoms with Gasteiger partial charge in [-0.15, -0.1) is 0 Å². The standard InChI is InChI=1S/C14H15F5N2S/c1-10-8-13(6-7-20-10)21-11(2)12-4-3-5-14(9-12)22(15,16,17,18)19/h3-9,11H,1-2H3,(H,20,21)/t11-/m1/s1. The van der Waals surface area contributed by atoms with Crippen molar-refractivity contribution in [1.29, 1.82) is 0 Å². The van der Waals surface area contributed by atoms with E-state index in [0.717, 1.165) is 11.8 Å². The number of benzene rings is 1. The minimum atomic E-state index is -9.66. The number of nitrogens with one attached hydrogen (secondary N) is 1. The van der Waals surface area contributed by atoms with Crippen molar-refractivity contribution < 1.29 is 19.4 Å². The van der Waals surface area contributed by atoms with E-state index >= 15 is 0 Å². The van der Waals surface area contributed by atoms with Crippen LogP contribution in [0.25, 0.3) is 0 Å². The molecular weight excluding hydrogens is 323 g/mol. The van der Waals surface area contributed by atoms with Gasteiger partial charge in [0.2, 0.25) is 0 Å². The molecular formula is C14H15F5N2S. The van der Waals surface area contributed by atoms with Crippen molar-refractivity contribution in [1.82, 2.24) is 4.98 Å². The van der Waals surface area contributed by atoms with Gasteiger partial charge in [0.15, 0.2) is 0 Å². The van der Waals surface area contributed by atoms with Crippen LogP contribution in [0.3, 0.4) is 0 Å². The van der Waals surface area contributed by atoms with Gasteiger partial charge in [-0.2, -0.15) is 0 Å². The Morgan fingerprint density at radius 3 is 2.32 bits per heavy atom. The summed E-state index contributed by atoms with van der Waals surface area (Å²) in [5.74, 6) is 0. The quantitative estimate of drug-likeness (QED) is 0.669. The first-order valence-electron chi connectivity index (χ1n) is 6.38. The molecule has 0 amide bonds. The fourth-order valence-electron chi connectivity index (χ4n) is 1.99. The lowest BCUT2D eigenvalue weighted by atomic mass is 10.1. The predicted molar refractivity (Wildman–Crippen MR) is 78.9 cm³/mol. The highest BCUT2D eigenvalue weighted by molar-refractivity contribution is 8.45. The molecule has 0 aliphatic rings. The average Bonchev–Trinajstić information content (AvgIpc) is 2.36. The molecule has 8 heteroatoms. The molecule has 1 heterocycles. The van der Waals surface area contributed by atoms with Gasteiger partial charge < -0.3 is 5.32 Å². The Morgan fingerprint density at radius 1 is 1.05 bits per heavy atom. The Labute approximate surface area is 125 Å². The molecule has 1 atom stereocenters. The monoisotopic (exact) mass is 338 g/mol. The molecule has 0 unspecified atom stereocenters. The van der Waals surface area contributed by atoms with Gasteiger partial charge in [-0.1, -0.05) is 31.6 Å². The maximum absolute atomic E-state index is 12.8. The van der Waals surface area contributed by atoms with Crippen molar-refractivity contribution in [2.75, 3.05) is 5.32 Å². The van der Waals surface area contributed by atoms with Gasteiger partial charge in [0.1, 0.15) is 4.90 Å². The summed E-state index contributed by atoms with van der Waals surface area (Å²) >= 11 is 0. The zero-order valence-electron chi connectivity index (χ0n) is 11.9. The largest absolute Gasteiger partial charge is 0.378 e. The number of hydrogen-bond donors (Lipinski definition) is 1. The fraction of sp³-hybridized carbons (Fsp3) is 0.214. The van der Waals surface area contributed by atoms with Crippen molar-refractivity contribution in [3.8, 4) is 0 Å². The Kier molecular flexibility index (Phi) is 3.44. The molecule has 0 spiro atoms. The van der Waals surface area contributed by atoms with Crippen LogP contribution in [0.5, 0.6) is 0 Å². The number of nitrogens with zero attached hydrogens (tertiary/aromatic N) is 1. The van der Waals surface area contributed by atoms with Crippen LogP contribution in [-0.4, -0.2) is 4.98 Å². The summed E-state index contributed by atoms with van der Waals surface area (Å²) in [6, 6.07) is 6.04. The van der Waals surface area contributed by atoms with E-state index in [2.05, 4.69) is 10.3 Å². The number of aryl methyl sites for hydroxylation is 1. The summed E-state index contributed by atoms with van der Waals surface area (Å²) in [5.41, 5.74) is 1.51. The van der Waals surface area contributed by atoms with E-state index in [1.54, 1.807) is 32.2 Å². The first kappa shape index (κ1) is 16.5. The van der Waals surface area contributed by atoms with Gasteiger partial charge in [-0.25, -0.2) is 0 Å². The third-order valence-electron chi connectivity index (χ3n) is 3.08. The number of halogens is 5. The lowest BCUT2D eigenvalue weighted by molar-refractivity contribution is 0.364. The van der Waals surface area contributed by atoms with E-state index in [1.807, 2.05) is 0 Å². The summed E-state index contributed by atoms with van der Waals surface area (Å²) in [4.78, 5) is 2.12. The molecule has 0 aliphatic carbocycles. The molecule has 0 saturated carbocycles. The zero-order valence-corrected chi connectivity index (χ0v) is 12.7. The summed E-state index contributed by atoms with van der Waals surface area (Å²) in [7, 11) is -9.66. The second-order valence-electron chi connectivity index (χ2n) is 5.09. The number of hydrogen-bond acceptors (Lipinski definition) is 2. The topological polar surface area (TPSA) is 24.9 Å². The third-order valence-corrected chi connectivity index (χ3v) is 4.23. The third kappa shape index (κ3) is 4.09. The lowest BCUT2D eigenvalue weighted by Gasteiger charge is -2.40. The van der Waals surface area contributed by atoms with E-state index in [9.17, 15) is 19.4 Å². The number of rotatable bonds is 4. The smallest absolute Gasteiger partial charge is 0.310 e. The summed E-state index contributed by atoms with van der Waals surface area (Å²) in [6.45, 7) is 3.37. The van der Waals surface area contributed by atoms with Crippen LogP contribution in [-0.2, 0) is 0 Å². The normalized spacial score (nSPS) is 16.5. The maximum atomic E-state index is 12.8. The lowest BCUT2D eigenvalue weighted by Crippen LogP contribution is -2.10. The van der Waals surface area contributed by atoms with Crippen molar-refractivity contribution in [3.63, 3.8) is 0 Å². The summed E-state index contributed by atoms with van der Waals surface area (Å²) in [6.07, 6.45) is 1.55. The van der Waals surface area contributed by atoms with Gasteiger partial charge in [0.25, 0.3) is 0 Å². The molecule has 0 fully saturated rings. The van der Waals surface area contributed by atoms with Gasteiger partial charge >= 0.3 is 10.2 Å². The average molecular weight is 338 g/mol. The molecule has 22 heavy (non-hydrogen) atoms. The summed E-state index contributed by atoms with van der Waals surface area (Å²) in [5, 5.41) is 2.96. The van der Waals surface area contributed by atoms with Crippen LogP contribution in [0.4, 0.5) is 25.1 Å². The molecule has 1 aromatic carbocycles. The minimum absolute atomic E-state index is 0.125. The highest BCUT2D eigenvalue weighted by Gasteiger charge is 2.65. The SMILES string of the molecule is Cc1cc(N[C@H](C)c2cccc(S(F)(F)(F)(F)F)c2)ccn1. The van der Waals surface area contributed by atoms with E-state index in [-0.39, 0.29) is 5.56 Å². The van der Waals surface area contributed by atoms with Crippen molar-refractivity contribution in [2.24, 2.45) is 0 Å². The van der Waals surface area contributed by atoms with Crippen LogP contribution in [0, 0.1) is 6.92 Å². The Morgan fingerprint density at radius 2 is 1.73 bits per heavy atom. The van der Waals surface area contributed by atoms with Gasteiger partial charge in [-0.3, -0.25) is 4.98 Å². The number of anilines is 1. The number of aromatic nitrogens is 1. The van der Waals surface area contributed by atoms with Crippen molar-refractivity contribution in [3.05, 3.63) is 53.9 Å². The van der Waals surface area contributed by atoms with E-state index < -0.39 is 21.2 Å². The molecule has 2 rings (SSSR count). The molecule has 2 nitrogen and oxygen atoms in total. The molecule has 1 aromatic heterocycles. The van der Waals surface area contributed by atoms with E-state index in [4.69, 9.17) is 0 Å². The Bertz CT molecular complexity index is 700. The molecule has 0 saturated heterocycles. The van der Waals surface area contributed by atoms with Gasteiger partial charge in [0, 0.05) is 23.6 Å². The van der Waals surface area contributed by atoms with Crippen molar-refractivity contribution >= 4 is 15.9 Å². The van der Waals surface area contributed by atoms with E-state index in [0.29, 0.717) is 17.8 Å². The first-order chi connectivity index (χ1) is 9.85. The maximum Gasteiger partial charge on any atom is 0.310 e. The van der Waals surface area contributed by atoms with Crippen LogP contribution in [0.1, 0.15) is 24.2 Å². The van der Waals surface area contributed by atoms with E-state index in [1.165, 1.54) is 6.07 Å². The molecule has 1 N–H and O–H groups in total. The second kappa shape index (κ2) is 4.58. The molecule has 0 bridgehead atoms. The zero-order chi connectivity index (χ0) is 16.7. The highest BCUT2D eigenvalue weighted by Crippen LogP contribution is 3.02. The van der Waals surface area contributed by atoms with Crippen LogP contribution >= 0.6 is 10.2 Å². The molecule has 0 aliphatic heterocycles. The summed E-state index contributed by atoms with van der Waals surface area (Å²) < 4.78 is 64.2. The Balaban J connectivity index is 2.31. The van der Waals surface area contributed by atoms with Gasteiger partial charge in [0.05, 0.1) is 0 Å².